The molecule has 0 saturated carbocycles. The average Bonchev–Trinajstić information content (AvgIpc) is 1.82. The summed E-state index contributed by atoms with van der Waals surface area (Å²) in [7, 11) is -2.47. The van der Waals surface area contributed by atoms with Crippen molar-refractivity contribution in [1.82, 2.24) is 15.7 Å². The molecule has 0 heterocycles. The number of hydrogen-bond acceptors (Lipinski definition) is 3. The lowest BCUT2D eigenvalue weighted by Gasteiger charge is -2.30. The van der Waals surface area contributed by atoms with Gasteiger partial charge in [0, 0.05) is 0 Å². The highest BCUT2D eigenvalue weighted by molar-refractivity contribution is 6.76. The smallest absolute Gasteiger partial charge is 0.139 e. The zero-order valence-corrected chi connectivity index (χ0v) is 12.1. The summed E-state index contributed by atoms with van der Waals surface area (Å²) in [5.74, 6) is 0. The van der Waals surface area contributed by atoms with Gasteiger partial charge in [-0.05, 0) is 5.54 Å². The van der Waals surface area contributed by atoms with E-state index in [1.807, 2.05) is 0 Å². The molecule has 0 atom stereocenters. The van der Waals surface area contributed by atoms with Crippen molar-refractivity contribution in [2.45, 2.75) is 52.1 Å². The second kappa shape index (κ2) is 4.70. The molecule has 0 fully saturated rings. The molecular weight excluding hydrogens is 194 g/mol. The van der Waals surface area contributed by atoms with Crippen LogP contribution in [0.2, 0.25) is 38.3 Å². The van der Waals surface area contributed by atoms with Crippen LogP contribution < -0.4 is 15.7 Å². The van der Waals surface area contributed by atoms with E-state index in [0.29, 0.717) is 0 Å². The third-order valence-electron chi connectivity index (χ3n) is 2.27. The standard InChI is InChI=1S/C8H25N3Si2/c1-8(2)13(6,7)11-9-10-12(3,4)5/h8-11H,1-7H3. The van der Waals surface area contributed by atoms with Crippen molar-refractivity contribution in [3.63, 3.8) is 0 Å². The first-order valence-electron chi connectivity index (χ1n) is 4.94. The second-order valence-electron chi connectivity index (χ2n) is 5.50. The molecular formula is C8H25N3Si2. The number of hydrogen-bond donors (Lipinski definition) is 3. The van der Waals surface area contributed by atoms with E-state index in [0.717, 1.165) is 5.54 Å². The van der Waals surface area contributed by atoms with E-state index in [1.54, 1.807) is 0 Å². The van der Waals surface area contributed by atoms with E-state index in [9.17, 15) is 0 Å². The lowest BCUT2D eigenvalue weighted by molar-refractivity contribution is 0.607. The normalized spacial score (nSPS) is 13.8. The number of hydrazine groups is 2. The van der Waals surface area contributed by atoms with Gasteiger partial charge in [0.1, 0.15) is 16.5 Å². The van der Waals surface area contributed by atoms with Gasteiger partial charge in [-0.3, -0.25) is 10.2 Å². The van der Waals surface area contributed by atoms with Crippen LogP contribution in [0, 0.1) is 0 Å². The summed E-state index contributed by atoms with van der Waals surface area (Å²) in [5, 5.41) is 6.77. The van der Waals surface area contributed by atoms with Gasteiger partial charge in [-0.1, -0.05) is 46.6 Å². The molecule has 0 aliphatic heterocycles. The molecule has 0 aliphatic carbocycles. The molecule has 0 bridgehead atoms. The Balaban J connectivity index is 3.77. The molecule has 3 N–H and O–H groups in total. The summed E-state index contributed by atoms with van der Waals surface area (Å²) in [6, 6.07) is 0. The van der Waals surface area contributed by atoms with Gasteiger partial charge in [-0.2, -0.15) is 0 Å². The van der Waals surface area contributed by atoms with E-state index in [2.05, 4.69) is 62.3 Å². The Labute approximate surface area is 84.8 Å². The highest BCUT2D eigenvalue weighted by Crippen LogP contribution is 2.15. The van der Waals surface area contributed by atoms with Crippen LogP contribution in [0.25, 0.3) is 0 Å². The highest BCUT2D eigenvalue weighted by Gasteiger charge is 2.25. The lowest BCUT2D eigenvalue weighted by atomic mass is 10.6. The summed E-state index contributed by atoms with van der Waals surface area (Å²) in [5.41, 5.74) is 3.91. The highest BCUT2D eigenvalue weighted by atomic mass is 28.3. The Bertz CT molecular complexity index is 152. The van der Waals surface area contributed by atoms with E-state index < -0.39 is 16.5 Å². The fourth-order valence-corrected chi connectivity index (χ4v) is 1.76. The van der Waals surface area contributed by atoms with Crippen LogP contribution in [0.1, 0.15) is 13.8 Å². The van der Waals surface area contributed by atoms with Crippen molar-refractivity contribution >= 4 is 16.5 Å². The molecule has 0 saturated heterocycles. The zero-order valence-electron chi connectivity index (χ0n) is 10.1. The molecule has 0 aromatic heterocycles. The number of nitrogens with one attached hydrogen (secondary N) is 3. The van der Waals surface area contributed by atoms with Gasteiger partial charge >= 0.3 is 0 Å². The van der Waals surface area contributed by atoms with Crippen molar-refractivity contribution in [1.29, 1.82) is 0 Å². The minimum atomic E-state index is -1.28. The molecule has 0 spiro atoms. The predicted molar refractivity (Wildman–Crippen MR) is 65.3 cm³/mol. The lowest BCUT2D eigenvalue weighted by Crippen LogP contribution is -2.63. The Morgan fingerprint density at radius 3 is 1.62 bits per heavy atom. The maximum absolute atomic E-state index is 3.43. The molecule has 0 aromatic rings. The fourth-order valence-electron chi connectivity index (χ4n) is 0.524. The zero-order chi connectivity index (χ0) is 10.7. The molecule has 0 aliphatic rings. The maximum atomic E-state index is 3.43. The van der Waals surface area contributed by atoms with Crippen LogP contribution in [0.4, 0.5) is 0 Å². The summed E-state index contributed by atoms with van der Waals surface area (Å²) in [4.78, 5) is 0. The van der Waals surface area contributed by atoms with Crippen LogP contribution in [0.3, 0.4) is 0 Å². The monoisotopic (exact) mass is 219 g/mol. The van der Waals surface area contributed by atoms with Crippen LogP contribution in [-0.4, -0.2) is 16.5 Å². The van der Waals surface area contributed by atoms with Crippen molar-refractivity contribution < 1.29 is 0 Å². The molecule has 0 aromatic carbocycles. The first kappa shape index (κ1) is 13.3. The SMILES string of the molecule is CC(C)[Si](C)(C)NNN[Si](C)(C)C. The van der Waals surface area contributed by atoms with Crippen LogP contribution in [0.15, 0.2) is 0 Å². The Kier molecular flexibility index (Phi) is 4.81. The minimum absolute atomic E-state index is 0.739. The van der Waals surface area contributed by atoms with E-state index in [-0.39, 0.29) is 0 Å². The molecule has 5 heteroatoms. The van der Waals surface area contributed by atoms with E-state index in [1.165, 1.54) is 0 Å². The second-order valence-corrected chi connectivity index (χ2v) is 15.1. The molecule has 0 radical (unpaired) electrons. The third kappa shape index (κ3) is 6.39. The minimum Gasteiger partial charge on any atom is -0.267 e. The van der Waals surface area contributed by atoms with Crippen LogP contribution in [0.5, 0.6) is 0 Å². The molecule has 0 unspecified atom stereocenters. The number of rotatable bonds is 5. The molecule has 0 amide bonds. The quantitative estimate of drug-likeness (QED) is 0.489. The first-order valence-corrected chi connectivity index (χ1v) is 11.5. The maximum Gasteiger partial charge on any atom is 0.139 e. The third-order valence-corrected chi connectivity index (χ3v) is 6.80. The van der Waals surface area contributed by atoms with Gasteiger partial charge in [0.15, 0.2) is 0 Å². The predicted octanol–water partition coefficient (Wildman–Crippen LogP) is 2.04. The first-order chi connectivity index (χ1) is 5.65. The molecule has 0 rings (SSSR count). The van der Waals surface area contributed by atoms with Crippen LogP contribution >= 0.6 is 0 Å². The summed E-state index contributed by atoms with van der Waals surface area (Å²) in [6.07, 6.45) is 0. The fraction of sp³-hybridized carbons (Fsp3) is 1.00. The molecule has 80 valence electrons. The summed E-state index contributed by atoms with van der Waals surface area (Å²) >= 11 is 0. The Hall–Kier alpha value is 0.314. The van der Waals surface area contributed by atoms with Gasteiger partial charge in [-0.15, -0.1) is 0 Å². The van der Waals surface area contributed by atoms with E-state index >= 15 is 0 Å². The van der Waals surface area contributed by atoms with Crippen LogP contribution in [-0.2, 0) is 0 Å². The molecule has 3 nitrogen and oxygen atoms in total. The van der Waals surface area contributed by atoms with Gasteiger partial charge in [0.25, 0.3) is 0 Å². The topological polar surface area (TPSA) is 36.1 Å². The Morgan fingerprint density at radius 1 is 0.846 bits per heavy atom. The van der Waals surface area contributed by atoms with Crippen molar-refractivity contribution in [3.05, 3.63) is 0 Å². The summed E-state index contributed by atoms with van der Waals surface area (Å²) in [6.45, 7) is 16.0. The van der Waals surface area contributed by atoms with Crippen molar-refractivity contribution in [3.8, 4) is 0 Å². The van der Waals surface area contributed by atoms with Gasteiger partial charge in [0.2, 0.25) is 0 Å². The van der Waals surface area contributed by atoms with Gasteiger partial charge in [-0.25, -0.2) is 5.53 Å². The van der Waals surface area contributed by atoms with Crippen molar-refractivity contribution in [2.24, 2.45) is 0 Å². The van der Waals surface area contributed by atoms with Gasteiger partial charge in [0.05, 0.1) is 0 Å². The Morgan fingerprint density at radius 2 is 1.31 bits per heavy atom. The van der Waals surface area contributed by atoms with Crippen molar-refractivity contribution in [2.75, 3.05) is 0 Å². The van der Waals surface area contributed by atoms with Gasteiger partial charge < -0.3 is 0 Å². The largest absolute Gasteiger partial charge is 0.267 e. The summed E-state index contributed by atoms with van der Waals surface area (Å²) < 4.78 is 0. The average molecular weight is 219 g/mol. The molecule has 13 heavy (non-hydrogen) atoms. The van der Waals surface area contributed by atoms with E-state index in [4.69, 9.17) is 0 Å².